The molecule has 140 valence electrons. The van der Waals surface area contributed by atoms with Crippen LogP contribution < -0.4 is 0 Å². The van der Waals surface area contributed by atoms with Crippen molar-refractivity contribution in [2.45, 2.75) is 90.8 Å². The van der Waals surface area contributed by atoms with E-state index in [1.54, 1.807) is 0 Å². The highest BCUT2D eigenvalue weighted by molar-refractivity contribution is 5.15. The highest BCUT2D eigenvalue weighted by Gasteiger charge is 2.65. The van der Waals surface area contributed by atoms with Crippen molar-refractivity contribution < 1.29 is 4.74 Å². The van der Waals surface area contributed by atoms with E-state index in [2.05, 4.69) is 33.4 Å². The molecular formula is C24H38O. The number of ether oxygens (including phenoxy) is 1. The molecule has 0 N–H and O–H groups in total. The molecule has 0 spiro atoms. The Morgan fingerprint density at radius 1 is 0.960 bits per heavy atom. The average molecular weight is 343 g/mol. The number of rotatable bonds is 1. The van der Waals surface area contributed by atoms with Crippen LogP contribution in [0.25, 0.3) is 0 Å². The van der Waals surface area contributed by atoms with E-state index in [-0.39, 0.29) is 0 Å². The quantitative estimate of drug-likeness (QED) is 0.513. The third-order valence-corrected chi connectivity index (χ3v) is 10.3. The minimum Gasteiger partial charge on any atom is -0.370 e. The van der Waals surface area contributed by atoms with Crippen LogP contribution in [0.3, 0.4) is 0 Å². The van der Waals surface area contributed by atoms with E-state index in [0.717, 1.165) is 29.6 Å². The topological polar surface area (TPSA) is 9.23 Å². The maximum absolute atomic E-state index is 6.50. The largest absolute Gasteiger partial charge is 0.370 e. The van der Waals surface area contributed by atoms with Gasteiger partial charge in [-0.05, 0) is 91.3 Å². The van der Waals surface area contributed by atoms with Crippen LogP contribution in [0.15, 0.2) is 12.7 Å². The SMILES string of the molecule is C=CC1OC2CC3C4CCC5CCCCC5(C)C4CCC3(C)C2C1C. The summed E-state index contributed by atoms with van der Waals surface area (Å²) in [4.78, 5) is 0. The summed E-state index contributed by atoms with van der Waals surface area (Å²) in [5.41, 5.74) is 1.19. The van der Waals surface area contributed by atoms with Gasteiger partial charge in [-0.15, -0.1) is 6.58 Å². The molecule has 0 aromatic rings. The predicted octanol–water partition coefficient (Wildman–Crippen LogP) is 6.23. The summed E-state index contributed by atoms with van der Waals surface area (Å²) in [5, 5.41) is 0. The van der Waals surface area contributed by atoms with Gasteiger partial charge in [0, 0.05) is 0 Å². The van der Waals surface area contributed by atoms with Crippen LogP contribution in [-0.2, 0) is 4.74 Å². The van der Waals surface area contributed by atoms with Gasteiger partial charge in [0.2, 0.25) is 0 Å². The Hall–Kier alpha value is -0.300. The van der Waals surface area contributed by atoms with Gasteiger partial charge in [0.25, 0.3) is 0 Å². The van der Waals surface area contributed by atoms with Crippen molar-refractivity contribution >= 4 is 0 Å². The molecule has 10 atom stereocenters. The maximum atomic E-state index is 6.50. The lowest BCUT2D eigenvalue weighted by atomic mass is 9.44. The second-order valence-corrected chi connectivity index (χ2v) is 10.9. The Labute approximate surface area is 155 Å². The zero-order valence-electron chi connectivity index (χ0n) is 16.7. The number of hydrogen-bond acceptors (Lipinski definition) is 1. The van der Waals surface area contributed by atoms with Crippen LogP contribution in [0.4, 0.5) is 0 Å². The van der Waals surface area contributed by atoms with E-state index in [0.29, 0.717) is 29.0 Å². The van der Waals surface area contributed by atoms with E-state index in [9.17, 15) is 0 Å². The molecule has 1 heteroatoms. The van der Waals surface area contributed by atoms with Gasteiger partial charge in [-0.2, -0.15) is 0 Å². The molecule has 0 aromatic carbocycles. The minimum absolute atomic E-state index is 0.303. The zero-order chi connectivity index (χ0) is 17.4. The smallest absolute Gasteiger partial charge is 0.0786 e. The molecule has 1 nitrogen and oxygen atoms in total. The van der Waals surface area contributed by atoms with Crippen LogP contribution in [-0.4, -0.2) is 12.2 Å². The summed E-state index contributed by atoms with van der Waals surface area (Å²) in [6, 6.07) is 0. The lowest BCUT2D eigenvalue weighted by Gasteiger charge is -2.60. The van der Waals surface area contributed by atoms with Gasteiger partial charge >= 0.3 is 0 Å². The van der Waals surface area contributed by atoms with Crippen LogP contribution in [0.5, 0.6) is 0 Å². The monoisotopic (exact) mass is 342 g/mol. The molecule has 0 bridgehead atoms. The molecule has 0 aromatic heterocycles. The molecule has 5 fully saturated rings. The third kappa shape index (κ3) is 2.11. The predicted molar refractivity (Wildman–Crippen MR) is 103 cm³/mol. The second-order valence-electron chi connectivity index (χ2n) is 10.9. The summed E-state index contributed by atoms with van der Waals surface area (Å²) in [7, 11) is 0. The Balaban J connectivity index is 1.45. The van der Waals surface area contributed by atoms with Gasteiger partial charge in [0.15, 0.2) is 0 Å². The Kier molecular flexibility index (Phi) is 3.77. The first kappa shape index (κ1) is 16.8. The highest BCUT2D eigenvalue weighted by atomic mass is 16.5. The van der Waals surface area contributed by atoms with E-state index in [4.69, 9.17) is 4.74 Å². The van der Waals surface area contributed by atoms with Crippen molar-refractivity contribution in [1.29, 1.82) is 0 Å². The van der Waals surface area contributed by atoms with Crippen LogP contribution in [0.1, 0.15) is 78.6 Å². The van der Waals surface area contributed by atoms with Crippen LogP contribution in [0, 0.1) is 46.3 Å². The molecule has 25 heavy (non-hydrogen) atoms. The van der Waals surface area contributed by atoms with Crippen LogP contribution >= 0.6 is 0 Å². The molecule has 0 amide bonds. The fourth-order valence-electron chi connectivity index (χ4n) is 9.20. The van der Waals surface area contributed by atoms with Gasteiger partial charge in [-0.25, -0.2) is 0 Å². The van der Waals surface area contributed by atoms with Crippen molar-refractivity contribution in [1.82, 2.24) is 0 Å². The van der Waals surface area contributed by atoms with Crippen molar-refractivity contribution in [3.8, 4) is 0 Å². The van der Waals surface area contributed by atoms with Crippen molar-refractivity contribution in [2.24, 2.45) is 46.3 Å². The summed E-state index contributed by atoms with van der Waals surface area (Å²) >= 11 is 0. The Morgan fingerprint density at radius 3 is 2.60 bits per heavy atom. The van der Waals surface area contributed by atoms with E-state index in [1.807, 2.05) is 0 Å². The molecule has 5 aliphatic rings. The number of hydrogen-bond donors (Lipinski definition) is 0. The molecule has 0 radical (unpaired) electrons. The van der Waals surface area contributed by atoms with E-state index < -0.39 is 0 Å². The first-order valence-electron chi connectivity index (χ1n) is 11.3. The average Bonchev–Trinajstić information content (AvgIpc) is 3.08. The van der Waals surface area contributed by atoms with Gasteiger partial charge in [-0.1, -0.05) is 39.7 Å². The van der Waals surface area contributed by atoms with Crippen molar-refractivity contribution in [3.05, 3.63) is 12.7 Å². The fourth-order valence-corrected chi connectivity index (χ4v) is 9.20. The molecule has 10 unspecified atom stereocenters. The van der Waals surface area contributed by atoms with Crippen molar-refractivity contribution in [2.75, 3.05) is 0 Å². The van der Waals surface area contributed by atoms with Gasteiger partial charge in [0.1, 0.15) is 0 Å². The Bertz CT molecular complexity index is 554. The summed E-state index contributed by atoms with van der Waals surface area (Å²) in [5.74, 6) is 5.40. The summed E-state index contributed by atoms with van der Waals surface area (Å²) in [6.07, 6.45) is 16.3. The van der Waals surface area contributed by atoms with E-state index >= 15 is 0 Å². The summed E-state index contributed by atoms with van der Waals surface area (Å²) in [6.45, 7) is 11.8. The fraction of sp³-hybridized carbons (Fsp3) is 0.917. The van der Waals surface area contributed by atoms with Crippen molar-refractivity contribution in [3.63, 3.8) is 0 Å². The highest BCUT2D eigenvalue weighted by Crippen LogP contribution is 2.69. The molecular weight excluding hydrogens is 304 g/mol. The molecule has 5 rings (SSSR count). The molecule has 4 saturated carbocycles. The maximum Gasteiger partial charge on any atom is 0.0786 e. The first-order chi connectivity index (χ1) is 12.0. The van der Waals surface area contributed by atoms with Gasteiger partial charge in [-0.3, -0.25) is 0 Å². The lowest BCUT2D eigenvalue weighted by Crippen LogP contribution is -2.53. The molecule has 4 aliphatic carbocycles. The third-order valence-electron chi connectivity index (χ3n) is 10.3. The van der Waals surface area contributed by atoms with Crippen LogP contribution in [0.2, 0.25) is 0 Å². The second kappa shape index (κ2) is 5.60. The lowest BCUT2D eigenvalue weighted by molar-refractivity contribution is -0.114. The normalized spacial score (nSPS) is 60.3. The summed E-state index contributed by atoms with van der Waals surface area (Å²) < 4.78 is 6.50. The Morgan fingerprint density at radius 2 is 1.80 bits per heavy atom. The zero-order valence-corrected chi connectivity index (χ0v) is 16.7. The minimum atomic E-state index is 0.303. The molecule has 1 saturated heterocycles. The first-order valence-corrected chi connectivity index (χ1v) is 11.3. The molecule has 1 heterocycles. The van der Waals surface area contributed by atoms with E-state index in [1.165, 1.54) is 57.8 Å². The van der Waals surface area contributed by atoms with Gasteiger partial charge < -0.3 is 4.74 Å². The van der Waals surface area contributed by atoms with Gasteiger partial charge in [0.05, 0.1) is 12.2 Å². The standard InChI is InChI=1S/C24H38O/c1-5-20-15(2)22-21(25-20)14-19-17-10-9-16-8-6-7-12-23(16,3)18(17)11-13-24(19,22)4/h5,15-22H,1,6-14H2,2-4H3. The molecule has 1 aliphatic heterocycles. The number of fused-ring (bicyclic) bond motifs is 7.